The van der Waals surface area contributed by atoms with E-state index in [2.05, 4.69) is 12.2 Å². The fourth-order valence-electron chi connectivity index (χ4n) is 2.29. The molecule has 1 N–H and O–H groups in total. The minimum Gasteiger partial charge on any atom is -0.393 e. The Morgan fingerprint density at radius 1 is 1.08 bits per heavy atom. The van der Waals surface area contributed by atoms with Crippen molar-refractivity contribution in [1.29, 1.82) is 0 Å². The molecule has 0 aromatic carbocycles. The molecule has 68 valence electrons. The highest BCUT2D eigenvalue weighted by Gasteiger charge is 2.31. The largest absolute Gasteiger partial charge is 0.393 e. The lowest BCUT2D eigenvalue weighted by molar-refractivity contribution is 0.0117. The zero-order chi connectivity index (χ0) is 8.39. The molecule has 0 aliphatic heterocycles. The summed E-state index contributed by atoms with van der Waals surface area (Å²) in [6.45, 7) is 0. The summed E-state index contributed by atoms with van der Waals surface area (Å²) < 4.78 is 0. The van der Waals surface area contributed by atoms with E-state index in [1.807, 2.05) is 0 Å². The molecule has 1 nitrogen and oxygen atoms in total. The Bertz CT molecular complexity index is 170. The Balaban J connectivity index is 1.85. The Morgan fingerprint density at radius 2 is 1.92 bits per heavy atom. The molecule has 0 amide bonds. The lowest BCUT2D eigenvalue weighted by Gasteiger charge is -2.35. The van der Waals surface area contributed by atoms with Crippen LogP contribution in [0.4, 0.5) is 0 Å². The first-order valence-electron chi connectivity index (χ1n) is 5.21. The molecule has 0 heterocycles. The minimum absolute atomic E-state index is 0.00343. The van der Waals surface area contributed by atoms with Crippen LogP contribution in [0.15, 0.2) is 12.2 Å². The standard InChI is InChI=1S/C11H18O/c12-11(10-7-4-8-10)9-5-2-1-3-6-9/h1-2,9-12H,3-8H2. The Kier molecular flexibility index (Phi) is 2.50. The van der Waals surface area contributed by atoms with Crippen molar-refractivity contribution in [3.05, 3.63) is 12.2 Å². The second-order valence-corrected chi connectivity index (χ2v) is 4.23. The van der Waals surface area contributed by atoms with Crippen LogP contribution < -0.4 is 0 Å². The van der Waals surface area contributed by atoms with Gasteiger partial charge in [0.2, 0.25) is 0 Å². The molecule has 0 aromatic rings. The number of hydrogen-bond donors (Lipinski definition) is 1. The van der Waals surface area contributed by atoms with Gasteiger partial charge in [0, 0.05) is 0 Å². The summed E-state index contributed by atoms with van der Waals surface area (Å²) in [5.74, 6) is 1.21. The molecular formula is C11H18O. The van der Waals surface area contributed by atoms with Gasteiger partial charge in [0.25, 0.3) is 0 Å². The van der Waals surface area contributed by atoms with Gasteiger partial charge in [0.15, 0.2) is 0 Å². The minimum atomic E-state index is 0.00343. The third kappa shape index (κ3) is 1.56. The van der Waals surface area contributed by atoms with Gasteiger partial charge < -0.3 is 5.11 Å². The summed E-state index contributed by atoms with van der Waals surface area (Å²) in [6, 6.07) is 0. The van der Waals surface area contributed by atoms with Gasteiger partial charge in [-0.2, -0.15) is 0 Å². The third-order valence-electron chi connectivity index (χ3n) is 3.43. The van der Waals surface area contributed by atoms with Gasteiger partial charge in [-0.15, -0.1) is 0 Å². The molecule has 1 saturated carbocycles. The highest BCUT2D eigenvalue weighted by molar-refractivity contribution is 4.94. The number of rotatable bonds is 2. The summed E-state index contributed by atoms with van der Waals surface area (Å²) in [4.78, 5) is 0. The molecule has 1 heteroatoms. The van der Waals surface area contributed by atoms with Crippen LogP contribution in [-0.4, -0.2) is 11.2 Å². The van der Waals surface area contributed by atoms with Crippen molar-refractivity contribution < 1.29 is 5.11 Å². The maximum atomic E-state index is 9.96. The number of allylic oxidation sites excluding steroid dienone is 2. The zero-order valence-electron chi connectivity index (χ0n) is 7.58. The van der Waals surface area contributed by atoms with E-state index in [1.165, 1.54) is 32.1 Å². The number of hydrogen-bond acceptors (Lipinski definition) is 1. The average Bonchev–Trinajstić information content (AvgIpc) is 2.03. The zero-order valence-corrected chi connectivity index (χ0v) is 7.58. The predicted molar refractivity (Wildman–Crippen MR) is 49.8 cm³/mol. The molecule has 12 heavy (non-hydrogen) atoms. The topological polar surface area (TPSA) is 20.2 Å². The van der Waals surface area contributed by atoms with Gasteiger partial charge in [-0.05, 0) is 43.9 Å². The summed E-state index contributed by atoms with van der Waals surface area (Å²) in [5.41, 5.74) is 0. The normalized spacial score (nSPS) is 32.9. The van der Waals surface area contributed by atoms with E-state index in [9.17, 15) is 5.11 Å². The van der Waals surface area contributed by atoms with Crippen LogP contribution in [0.3, 0.4) is 0 Å². The first kappa shape index (κ1) is 8.31. The molecule has 0 bridgehead atoms. The van der Waals surface area contributed by atoms with Crippen LogP contribution >= 0.6 is 0 Å². The van der Waals surface area contributed by atoms with E-state index < -0.39 is 0 Å². The van der Waals surface area contributed by atoms with E-state index in [4.69, 9.17) is 0 Å². The second kappa shape index (κ2) is 3.61. The number of aliphatic hydroxyl groups is 1. The molecule has 0 spiro atoms. The van der Waals surface area contributed by atoms with Crippen LogP contribution in [0.2, 0.25) is 0 Å². The van der Waals surface area contributed by atoms with Crippen molar-refractivity contribution in [3.63, 3.8) is 0 Å². The van der Waals surface area contributed by atoms with E-state index in [0.29, 0.717) is 11.8 Å². The van der Waals surface area contributed by atoms with Crippen molar-refractivity contribution >= 4 is 0 Å². The van der Waals surface area contributed by atoms with Crippen molar-refractivity contribution in [2.24, 2.45) is 11.8 Å². The van der Waals surface area contributed by atoms with Gasteiger partial charge in [0.1, 0.15) is 0 Å². The van der Waals surface area contributed by atoms with Gasteiger partial charge >= 0.3 is 0 Å². The van der Waals surface area contributed by atoms with Gasteiger partial charge in [-0.1, -0.05) is 18.6 Å². The molecule has 2 unspecified atom stereocenters. The van der Waals surface area contributed by atoms with Crippen LogP contribution in [0.1, 0.15) is 38.5 Å². The van der Waals surface area contributed by atoms with Crippen molar-refractivity contribution in [2.75, 3.05) is 0 Å². The lowest BCUT2D eigenvalue weighted by Crippen LogP contribution is -2.33. The van der Waals surface area contributed by atoms with Crippen molar-refractivity contribution in [1.82, 2.24) is 0 Å². The maximum Gasteiger partial charge on any atom is 0.0599 e. The summed E-state index contributed by atoms with van der Waals surface area (Å²) in [7, 11) is 0. The fraction of sp³-hybridized carbons (Fsp3) is 0.818. The van der Waals surface area contributed by atoms with Crippen LogP contribution in [0, 0.1) is 11.8 Å². The smallest absolute Gasteiger partial charge is 0.0599 e. The third-order valence-corrected chi connectivity index (χ3v) is 3.43. The van der Waals surface area contributed by atoms with E-state index >= 15 is 0 Å². The maximum absolute atomic E-state index is 9.96. The quantitative estimate of drug-likeness (QED) is 0.625. The molecule has 2 aliphatic rings. The molecule has 0 radical (unpaired) electrons. The van der Waals surface area contributed by atoms with Crippen LogP contribution in [0.5, 0.6) is 0 Å². The average molecular weight is 166 g/mol. The van der Waals surface area contributed by atoms with Gasteiger partial charge in [-0.3, -0.25) is 0 Å². The molecule has 2 aliphatic carbocycles. The molecule has 0 aromatic heterocycles. The number of aliphatic hydroxyl groups excluding tert-OH is 1. The predicted octanol–water partition coefficient (Wildman–Crippen LogP) is 2.50. The Morgan fingerprint density at radius 3 is 2.42 bits per heavy atom. The van der Waals surface area contributed by atoms with Crippen molar-refractivity contribution in [3.8, 4) is 0 Å². The van der Waals surface area contributed by atoms with E-state index in [0.717, 1.165) is 6.42 Å². The van der Waals surface area contributed by atoms with E-state index in [1.54, 1.807) is 0 Å². The Hall–Kier alpha value is -0.300. The summed E-state index contributed by atoms with van der Waals surface area (Å²) in [6.07, 6.45) is 11.8. The van der Waals surface area contributed by atoms with Crippen LogP contribution in [-0.2, 0) is 0 Å². The van der Waals surface area contributed by atoms with Gasteiger partial charge in [0.05, 0.1) is 6.10 Å². The van der Waals surface area contributed by atoms with Crippen molar-refractivity contribution in [2.45, 2.75) is 44.6 Å². The molecule has 0 saturated heterocycles. The first-order chi connectivity index (χ1) is 5.88. The van der Waals surface area contributed by atoms with Gasteiger partial charge in [-0.25, -0.2) is 0 Å². The monoisotopic (exact) mass is 166 g/mol. The van der Waals surface area contributed by atoms with E-state index in [-0.39, 0.29) is 6.10 Å². The fourth-order valence-corrected chi connectivity index (χ4v) is 2.29. The first-order valence-corrected chi connectivity index (χ1v) is 5.21. The Labute approximate surface area is 74.5 Å². The summed E-state index contributed by atoms with van der Waals surface area (Å²) >= 11 is 0. The molecule has 1 fully saturated rings. The van der Waals surface area contributed by atoms with Crippen LogP contribution in [0.25, 0.3) is 0 Å². The highest BCUT2D eigenvalue weighted by Crippen LogP contribution is 2.36. The highest BCUT2D eigenvalue weighted by atomic mass is 16.3. The molecule has 2 rings (SSSR count). The molecule has 2 atom stereocenters. The molecular weight excluding hydrogens is 148 g/mol. The SMILES string of the molecule is OC(C1CC=CCC1)C1CCC1. The second-order valence-electron chi connectivity index (χ2n) is 4.23. The summed E-state index contributed by atoms with van der Waals surface area (Å²) in [5, 5.41) is 9.96. The lowest BCUT2D eigenvalue weighted by atomic mass is 9.74.